The fraction of sp³-hybridized carbons (Fsp3) is 0.400. The van der Waals surface area contributed by atoms with Gasteiger partial charge in [0.2, 0.25) is 11.1 Å². The van der Waals surface area contributed by atoms with E-state index in [0.717, 1.165) is 10.0 Å². The van der Waals surface area contributed by atoms with Crippen LogP contribution in [-0.4, -0.2) is 52.3 Å². The lowest BCUT2D eigenvalue weighted by molar-refractivity contribution is -0.120. The van der Waals surface area contributed by atoms with Gasteiger partial charge in [0.15, 0.2) is 15.7 Å². The Morgan fingerprint density at radius 3 is 2.88 bits per heavy atom. The van der Waals surface area contributed by atoms with Gasteiger partial charge in [0.05, 0.1) is 16.8 Å². The first-order valence-corrected chi connectivity index (χ1v) is 11.2. The zero-order chi connectivity index (χ0) is 18.0. The Hall–Kier alpha value is -1.39. The molecule has 10 heteroatoms. The molecule has 0 radical (unpaired) electrons. The van der Waals surface area contributed by atoms with Crippen molar-refractivity contribution in [2.75, 3.05) is 11.5 Å². The van der Waals surface area contributed by atoms with Crippen LogP contribution >= 0.6 is 27.7 Å². The predicted molar refractivity (Wildman–Crippen MR) is 100 cm³/mol. The molecule has 1 saturated heterocycles. The first-order valence-electron chi connectivity index (χ1n) is 7.69. The average Bonchev–Trinajstić information content (AvgIpc) is 3.14. The summed E-state index contributed by atoms with van der Waals surface area (Å²) in [7, 11) is -3.01. The molecule has 0 saturated carbocycles. The zero-order valence-corrected chi connectivity index (χ0v) is 16.6. The standard InChI is InChI=1S/C15H17BrN4O3S2/c1-9(14(21)17-10-6-7-25(22,23)8-10)24-15-18-13(19-20-15)11-4-2-3-5-12(11)16/h2-5,9-10H,6-8H2,1H3,(H,17,21)(H,18,19,20). The van der Waals surface area contributed by atoms with Crippen LogP contribution in [0.5, 0.6) is 0 Å². The van der Waals surface area contributed by atoms with Crippen LogP contribution in [0.3, 0.4) is 0 Å². The Labute approximate surface area is 158 Å². The molecule has 1 aliphatic rings. The molecule has 2 heterocycles. The van der Waals surface area contributed by atoms with Crippen molar-refractivity contribution < 1.29 is 13.2 Å². The third-order valence-corrected chi connectivity index (χ3v) is 7.24. The molecule has 0 spiro atoms. The molecule has 2 unspecified atom stereocenters. The van der Waals surface area contributed by atoms with Gasteiger partial charge >= 0.3 is 0 Å². The number of nitrogens with one attached hydrogen (secondary N) is 2. The third-order valence-electron chi connectivity index (χ3n) is 3.82. The second-order valence-corrected chi connectivity index (χ2v) is 10.2. The molecule has 25 heavy (non-hydrogen) atoms. The largest absolute Gasteiger partial charge is 0.351 e. The van der Waals surface area contributed by atoms with E-state index in [-0.39, 0.29) is 23.5 Å². The Balaban J connectivity index is 1.61. The van der Waals surface area contributed by atoms with Crippen molar-refractivity contribution >= 4 is 43.4 Å². The Morgan fingerprint density at radius 2 is 2.20 bits per heavy atom. The van der Waals surface area contributed by atoms with E-state index in [1.807, 2.05) is 24.3 Å². The number of hydrogen-bond acceptors (Lipinski definition) is 6. The number of rotatable bonds is 5. The van der Waals surface area contributed by atoms with Crippen molar-refractivity contribution in [3.63, 3.8) is 0 Å². The van der Waals surface area contributed by atoms with Gasteiger partial charge in [0.1, 0.15) is 0 Å². The Bertz CT molecular complexity index is 884. The molecule has 3 rings (SSSR count). The SMILES string of the molecule is CC(Sc1n[nH]c(-c2ccccc2Br)n1)C(=O)NC1CCS(=O)(=O)C1. The number of halogens is 1. The molecular formula is C15H17BrN4O3S2. The Kier molecular flexibility index (Phi) is 5.49. The van der Waals surface area contributed by atoms with E-state index in [2.05, 4.69) is 36.4 Å². The quantitative estimate of drug-likeness (QED) is 0.683. The summed E-state index contributed by atoms with van der Waals surface area (Å²) in [6.07, 6.45) is 0.471. The summed E-state index contributed by atoms with van der Waals surface area (Å²) in [5, 5.41) is 9.84. The van der Waals surface area contributed by atoms with Crippen molar-refractivity contribution in [2.45, 2.75) is 29.8 Å². The highest BCUT2D eigenvalue weighted by Gasteiger charge is 2.30. The minimum Gasteiger partial charge on any atom is -0.351 e. The lowest BCUT2D eigenvalue weighted by atomic mass is 10.2. The molecule has 1 aromatic carbocycles. The minimum atomic E-state index is -3.01. The van der Waals surface area contributed by atoms with Gasteiger partial charge in [0.25, 0.3) is 0 Å². The summed E-state index contributed by atoms with van der Waals surface area (Å²) in [5.41, 5.74) is 0.884. The summed E-state index contributed by atoms with van der Waals surface area (Å²) in [4.78, 5) is 16.7. The molecule has 0 aliphatic carbocycles. The maximum absolute atomic E-state index is 12.2. The van der Waals surface area contributed by atoms with Gasteiger partial charge in [-0.05, 0) is 19.4 Å². The molecular weight excluding hydrogens is 428 g/mol. The van der Waals surface area contributed by atoms with E-state index < -0.39 is 15.1 Å². The monoisotopic (exact) mass is 444 g/mol. The third kappa shape index (κ3) is 4.62. The zero-order valence-electron chi connectivity index (χ0n) is 13.4. The van der Waals surface area contributed by atoms with Crippen LogP contribution in [0.2, 0.25) is 0 Å². The predicted octanol–water partition coefficient (Wildman–Crippen LogP) is 2.02. The molecule has 0 bridgehead atoms. The molecule has 1 amide bonds. The fourth-order valence-corrected chi connectivity index (χ4v) is 5.39. The van der Waals surface area contributed by atoms with Gasteiger partial charge in [0, 0.05) is 16.1 Å². The normalized spacial score (nSPS) is 20.3. The van der Waals surface area contributed by atoms with Crippen LogP contribution < -0.4 is 5.32 Å². The van der Waals surface area contributed by atoms with Crippen LogP contribution in [0.15, 0.2) is 33.9 Å². The topological polar surface area (TPSA) is 105 Å². The lowest BCUT2D eigenvalue weighted by Gasteiger charge is -2.14. The number of carbonyl (C=O) groups excluding carboxylic acids is 1. The Morgan fingerprint density at radius 1 is 1.44 bits per heavy atom. The van der Waals surface area contributed by atoms with Crippen LogP contribution in [0.4, 0.5) is 0 Å². The highest BCUT2D eigenvalue weighted by atomic mass is 79.9. The fourth-order valence-electron chi connectivity index (χ4n) is 2.51. The van der Waals surface area contributed by atoms with Crippen molar-refractivity contribution in [1.29, 1.82) is 0 Å². The molecule has 1 aromatic heterocycles. The van der Waals surface area contributed by atoms with Gasteiger partial charge < -0.3 is 5.32 Å². The second kappa shape index (κ2) is 7.46. The molecule has 1 aliphatic heterocycles. The molecule has 1 fully saturated rings. The van der Waals surface area contributed by atoms with E-state index >= 15 is 0 Å². The average molecular weight is 445 g/mol. The van der Waals surface area contributed by atoms with Gasteiger partial charge in [-0.2, -0.15) is 0 Å². The van der Waals surface area contributed by atoms with Crippen molar-refractivity contribution in [1.82, 2.24) is 20.5 Å². The number of sulfone groups is 1. The van der Waals surface area contributed by atoms with Crippen LogP contribution in [0.1, 0.15) is 13.3 Å². The molecule has 7 nitrogen and oxygen atoms in total. The summed E-state index contributed by atoms with van der Waals surface area (Å²) < 4.78 is 23.8. The number of benzene rings is 1. The number of aromatic amines is 1. The van der Waals surface area contributed by atoms with Gasteiger partial charge in [-0.25, -0.2) is 13.4 Å². The van der Waals surface area contributed by atoms with E-state index in [1.54, 1.807) is 6.92 Å². The van der Waals surface area contributed by atoms with Crippen LogP contribution in [-0.2, 0) is 14.6 Å². The number of thioether (sulfide) groups is 1. The van der Waals surface area contributed by atoms with Crippen LogP contribution in [0, 0.1) is 0 Å². The highest BCUT2D eigenvalue weighted by molar-refractivity contribution is 9.10. The minimum absolute atomic E-state index is 0.0168. The van der Waals surface area contributed by atoms with Gasteiger partial charge in [-0.3, -0.25) is 9.89 Å². The van der Waals surface area contributed by atoms with E-state index in [0.29, 0.717) is 17.4 Å². The van der Waals surface area contributed by atoms with Crippen molar-refractivity contribution in [2.24, 2.45) is 0 Å². The first-order chi connectivity index (χ1) is 11.8. The number of aromatic nitrogens is 3. The number of carbonyl (C=O) groups is 1. The van der Waals surface area contributed by atoms with E-state index in [9.17, 15) is 13.2 Å². The van der Waals surface area contributed by atoms with Gasteiger partial charge in [-0.15, -0.1) is 5.10 Å². The van der Waals surface area contributed by atoms with E-state index in [1.165, 1.54) is 11.8 Å². The number of amides is 1. The maximum atomic E-state index is 12.2. The number of hydrogen-bond donors (Lipinski definition) is 2. The molecule has 2 N–H and O–H groups in total. The first kappa shape index (κ1) is 18.4. The number of H-pyrrole nitrogens is 1. The van der Waals surface area contributed by atoms with Gasteiger partial charge in [-0.1, -0.05) is 45.9 Å². The van der Waals surface area contributed by atoms with E-state index in [4.69, 9.17) is 0 Å². The van der Waals surface area contributed by atoms with Crippen LogP contribution in [0.25, 0.3) is 11.4 Å². The summed E-state index contributed by atoms with van der Waals surface area (Å²) in [5.74, 6) is 0.558. The number of nitrogens with zero attached hydrogens (tertiary/aromatic N) is 2. The second-order valence-electron chi connectivity index (χ2n) is 5.82. The van der Waals surface area contributed by atoms with Crippen molar-refractivity contribution in [3.8, 4) is 11.4 Å². The molecule has 134 valence electrons. The maximum Gasteiger partial charge on any atom is 0.233 e. The summed E-state index contributed by atoms with van der Waals surface area (Å²) in [6, 6.07) is 7.34. The van der Waals surface area contributed by atoms with Crippen molar-refractivity contribution in [3.05, 3.63) is 28.7 Å². The smallest absolute Gasteiger partial charge is 0.233 e. The highest BCUT2D eigenvalue weighted by Crippen LogP contribution is 2.27. The lowest BCUT2D eigenvalue weighted by Crippen LogP contribution is -2.39. The molecule has 2 aromatic rings. The molecule has 2 atom stereocenters. The summed E-state index contributed by atoms with van der Waals surface area (Å²) >= 11 is 4.69. The summed E-state index contributed by atoms with van der Waals surface area (Å²) in [6.45, 7) is 1.75.